The summed E-state index contributed by atoms with van der Waals surface area (Å²) in [5, 5.41) is 10.0. The van der Waals surface area contributed by atoms with E-state index in [1.54, 1.807) is 7.11 Å². The van der Waals surface area contributed by atoms with Crippen molar-refractivity contribution in [3.05, 3.63) is 62.4 Å². The Bertz CT molecular complexity index is 923. The lowest BCUT2D eigenvalue weighted by molar-refractivity contribution is 0.274. The number of aromatic nitrogens is 1. The number of allylic oxidation sites excluding steroid dienone is 2. The molecule has 1 unspecified atom stereocenters. The highest BCUT2D eigenvalue weighted by atomic mass is 79.9. The minimum absolute atomic E-state index is 0.465. The fourth-order valence-electron chi connectivity index (χ4n) is 3.97. The van der Waals surface area contributed by atoms with Gasteiger partial charge in [0.05, 0.1) is 18.4 Å². The molecule has 0 saturated heterocycles. The lowest BCUT2D eigenvalue weighted by Crippen LogP contribution is -2.04. The molecule has 1 aliphatic rings. The number of benzene rings is 1. The fourth-order valence-corrected chi connectivity index (χ4v) is 5.20. The predicted molar refractivity (Wildman–Crippen MR) is 115 cm³/mol. The molecular formula is C22H23BrN2OS. The molecule has 1 aliphatic carbocycles. The zero-order valence-corrected chi connectivity index (χ0v) is 18.5. The monoisotopic (exact) mass is 442 g/mol. The van der Waals surface area contributed by atoms with Crippen LogP contribution < -0.4 is 0 Å². The van der Waals surface area contributed by atoms with Crippen LogP contribution in [0.2, 0.25) is 0 Å². The van der Waals surface area contributed by atoms with Crippen LogP contribution in [0.3, 0.4) is 0 Å². The van der Waals surface area contributed by atoms with Gasteiger partial charge in [0.1, 0.15) is 11.1 Å². The van der Waals surface area contributed by atoms with Crippen LogP contribution in [-0.4, -0.2) is 18.3 Å². The van der Waals surface area contributed by atoms with Crippen LogP contribution in [0.4, 0.5) is 0 Å². The second-order valence-electron chi connectivity index (χ2n) is 6.97. The second-order valence-corrected chi connectivity index (χ2v) is 8.68. The number of pyridine rings is 1. The number of hydrogen-bond acceptors (Lipinski definition) is 4. The zero-order chi connectivity index (χ0) is 19.6. The molecule has 140 valence electrons. The summed E-state index contributed by atoms with van der Waals surface area (Å²) in [7, 11) is 1.77. The maximum atomic E-state index is 9.19. The molecule has 27 heavy (non-hydrogen) atoms. The number of nitriles is 1. The van der Waals surface area contributed by atoms with E-state index in [4.69, 9.17) is 9.72 Å². The van der Waals surface area contributed by atoms with Gasteiger partial charge >= 0.3 is 0 Å². The molecule has 2 aromatic rings. The quantitative estimate of drug-likeness (QED) is 0.527. The van der Waals surface area contributed by atoms with Crippen molar-refractivity contribution in [1.82, 2.24) is 4.98 Å². The molecule has 0 saturated carbocycles. The van der Waals surface area contributed by atoms with E-state index in [9.17, 15) is 5.26 Å². The Morgan fingerprint density at radius 2 is 1.96 bits per heavy atom. The zero-order valence-electron chi connectivity index (χ0n) is 16.1. The summed E-state index contributed by atoms with van der Waals surface area (Å²) in [4.78, 5) is 4.70. The lowest BCUT2D eigenvalue weighted by Gasteiger charge is -2.14. The molecular weight excluding hydrogens is 420 g/mol. The Kier molecular flexibility index (Phi) is 6.29. The average molecular weight is 443 g/mol. The standard InChI is InChI=1S/C22H23BrN2OS/c1-13-7-17(23)8-14(2)21(13)19-10-15(11-20(19)26-3)9-18-6-5-16(12-24)22(25-18)27-4/h5-8,15H,9-11H2,1-4H3. The molecule has 0 radical (unpaired) electrons. The molecule has 5 heteroatoms. The fraction of sp³-hybridized carbons (Fsp3) is 0.364. The van der Waals surface area contributed by atoms with Crippen LogP contribution in [0.5, 0.6) is 0 Å². The maximum Gasteiger partial charge on any atom is 0.114 e. The Morgan fingerprint density at radius 1 is 1.26 bits per heavy atom. The average Bonchev–Trinajstić information content (AvgIpc) is 3.03. The van der Waals surface area contributed by atoms with Gasteiger partial charge in [0, 0.05) is 16.6 Å². The van der Waals surface area contributed by atoms with E-state index in [-0.39, 0.29) is 0 Å². The molecule has 0 spiro atoms. The number of aryl methyl sites for hydroxylation is 2. The van der Waals surface area contributed by atoms with Gasteiger partial charge in [-0.2, -0.15) is 5.26 Å². The Hall–Kier alpha value is -1.77. The largest absolute Gasteiger partial charge is 0.501 e. The molecule has 1 aromatic heterocycles. The van der Waals surface area contributed by atoms with Gasteiger partial charge in [-0.15, -0.1) is 11.8 Å². The van der Waals surface area contributed by atoms with Crippen LogP contribution >= 0.6 is 27.7 Å². The summed E-state index contributed by atoms with van der Waals surface area (Å²) in [5.74, 6) is 1.56. The smallest absolute Gasteiger partial charge is 0.114 e. The number of halogens is 1. The number of nitrogens with zero attached hydrogens (tertiary/aromatic N) is 2. The first-order valence-corrected chi connectivity index (χ1v) is 11.0. The van der Waals surface area contributed by atoms with Gasteiger partial charge in [0.15, 0.2) is 0 Å². The van der Waals surface area contributed by atoms with E-state index in [2.05, 4.69) is 48.0 Å². The van der Waals surface area contributed by atoms with E-state index in [1.165, 1.54) is 34.0 Å². The third-order valence-electron chi connectivity index (χ3n) is 5.08. The number of methoxy groups -OCH3 is 1. The maximum absolute atomic E-state index is 9.19. The van der Waals surface area contributed by atoms with E-state index >= 15 is 0 Å². The van der Waals surface area contributed by atoms with E-state index in [1.807, 2.05) is 18.4 Å². The molecule has 3 rings (SSSR count). The summed E-state index contributed by atoms with van der Waals surface area (Å²) in [6.07, 6.45) is 4.77. The third kappa shape index (κ3) is 4.23. The summed E-state index contributed by atoms with van der Waals surface area (Å²) >= 11 is 5.12. The van der Waals surface area contributed by atoms with E-state index in [0.29, 0.717) is 11.5 Å². The summed E-state index contributed by atoms with van der Waals surface area (Å²) in [5.41, 5.74) is 6.87. The molecule has 1 heterocycles. The first-order chi connectivity index (χ1) is 13.0. The SMILES string of the molecule is COC1=C(c2c(C)cc(Br)cc2C)CC(Cc2ccc(C#N)c(SC)n2)C1. The topological polar surface area (TPSA) is 45.9 Å². The van der Waals surface area contributed by atoms with Crippen molar-refractivity contribution in [1.29, 1.82) is 5.26 Å². The summed E-state index contributed by atoms with van der Waals surface area (Å²) in [6, 6.07) is 10.4. The summed E-state index contributed by atoms with van der Waals surface area (Å²) in [6.45, 7) is 4.32. The molecule has 0 bridgehead atoms. The second kappa shape index (κ2) is 8.50. The highest BCUT2D eigenvalue weighted by molar-refractivity contribution is 9.10. The predicted octanol–water partition coefficient (Wildman–Crippen LogP) is 6.06. The van der Waals surface area contributed by atoms with Gasteiger partial charge in [0.2, 0.25) is 0 Å². The van der Waals surface area contributed by atoms with Crippen LogP contribution in [-0.2, 0) is 11.2 Å². The molecule has 0 amide bonds. The molecule has 0 aliphatic heterocycles. The van der Waals surface area contributed by atoms with Crippen LogP contribution in [0, 0.1) is 31.1 Å². The van der Waals surface area contributed by atoms with Crippen molar-refractivity contribution < 1.29 is 4.74 Å². The molecule has 3 nitrogen and oxygen atoms in total. The van der Waals surface area contributed by atoms with Gasteiger partial charge in [-0.05, 0) is 85.4 Å². The highest BCUT2D eigenvalue weighted by Gasteiger charge is 2.28. The van der Waals surface area contributed by atoms with Crippen LogP contribution in [0.1, 0.15) is 40.8 Å². The van der Waals surface area contributed by atoms with Crippen LogP contribution in [0.25, 0.3) is 5.57 Å². The Labute approximate surface area is 174 Å². The van der Waals surface area contributed by atoms with Crippen LogP contribution in [0.15, 0.2) is 39.5 Å². The van der Waals surface area contributed by atoms with Gasteiger partial charge in [-0.25, -0.2) is 4.98 Å². The lowest BCUT2D eigenvalue weighted by atomic mass is 9.92. The Balaban J connectivity index is 1.85. The number of thioether (sulfide) groups is 1. The van der Waals surface area contributed by atoms with Gasteiger partial charge in [-0.1, -0.05) is 15.9 Å². The van der Waals surface area contributed by atoms with Gasteiger partial charge in [-0.3, -0.25) is 0 Å². The molecule has 1 aromatic carbocycles. The highest BCUT2D eigenvalue weighted by Crippen LogP contribution is 2.42. The van der Waals surface area contributed by atoms with Crippen molar-refractivity contribution >= 4 is 33.3 Å². The van der Waals surface area contributed by atoms with Crippen molar-refractivity contribution in [3.8, 4) is 6.07 Å². The number of hydrogen-bond donors (Lipinski definition) is 0. The summed E-state index contributed by atoms with van der Waals surface area (Å²) < 4.78 is 6.88. The molecule has 0 N–H and O–H groups in total. The molecule has 0 fully saturated rings. The number of ether oxygens (including phenoxy) is 1. The minimum Gasteiger partial charge on any atom is -0.501 e. The van der Waals surface area contributed by atoms with Crippen molar-refractivity contribution in [2.24, 2.45) is 5.92 Å². The Morgan fingerprint density at radius 3 is 2.56 bits per heavy atom. The van der Waals surface area contributed by atoms with Gasteiger partial charge < -0.3 is 4.74 Å². The van der Waals surface area contributed by atoms with Crippen molar-refractivity contribution in [3.63, 3.8) is 0 Å². The van der Waals surface area contributed by atoms with Crippen molar-refractivity contribution in [2.45, 2.75) is 38.1 Å². The van der Waals surface area contributed by atoms with E-state index in [0.717, 1.165) is 40.2 Å². The van der Waals surface area contributed by atoms with Gasteiger partial charge in [0.25, 0.3) is 0 Å². The minimum atomic E-state index is 0.465. The van der Waals surface area contributed by atoms with Crippen molar-refractivity contribution in [2.75, 3.05) is 13.4 Å². The van der Waals surface area contributed by atoms with E-state index < -0.39 is 0 Å². The third-order valence-corrected chi connectivity index (χ3v) is 6.23. The number of rotatable bonds is 5. The first-order valence-electron chi connectivity index (χ1n) is 8.94. The first kappa shape index (κ1) is 20.0. The molecule has 1 atom stereocenters. The normalized spacial score (nSPS) is 16.5.